The highest BCUT2D eigenvalue weighted by Gasteiger charge is 2.43. The number of carbonyl (C=O) groups is 1. The van der Waals surface area contributed by atoms with E-state index in [0.29, 0.717) is 18.9 Å². The molecule has 4 heterocycles. The summed E-state index contributed by atoms with van der Waals surface area (Å²) in [5, 5.41) is 2.96. The van der Waals surface area contributed by atoms with Crippen LogP contribution in [0.4, 0.5) is 20.7 Å². The van der Waals surface area contributed by atoms with E-state index < -0.39 is 35.2 Å². The number of likely N-dealkylation sites (tertiary alicyclic amines) is 1. The Balaban J connectivity index is 1.73. The van der Waals surface area contributed by atoms with Crippen molar-refractivity contribution in [2.24, 2.45) is 7.05 Å². The lowest BCUT2D eigenvalue weighted by Crippen LogP contribution is -2.60. The first kappa shape index (κ1) is 27.2. The molecule has 2 aliphatic rings. The van der Waals surface area contributed by atoms with Gasteiger partial charge in [-0.25, -0.2) is 19.1 Å². The summed E-state index contributed by atoms with van der Waals surface area (Å²) in [4.78, 5) is 49.2. The molecule has 0 spiro atoms. The standard InChI is InChI=1S/C26H34FN7O4/c1-7-8-15-33-20-21(31(6)25(37)34(22(20)35)19-13-9-12-18(27)29-19)30(5)24(33)32-14-10-11-17(16-32)28-23(36)38-26(2,3)4/h9,12-13,17,24H,10-11,14-16H2,1-6H3,(H,28,36)/t17-,24?/m1/s1. The molecule has 4 rings (SSSR count). The first-order valence-electron chi connectivity index (χ1n) is 12.5. The van der Waals surface area contributed by atoms with Crippen LogP contribution in [0.25, 0.3) is 5.82 Å². The number of aromatic nitrogens is 3. The normalized spacial score (nSPS) is 19.6. The van der Waals surface area contributed by atoms with Crippen LogP contribution in [0, 0.1) is 17.8 Å². The van der Waals surface area contributed by atoms with Crippen molar-refractivity contribution in [1.29, 1.82) is 0 Å². The van der Waals surface area contributed by atoms with Gasteiger partial charge in [0.2, 0.25) is 5.95 Å². The van der Waals surface area contributed by atoms with Crippen LogP contribution in [0.5, 0.6) is 0 Å². The van der Waals surface area contributed by atoms with Gasteiger partial charge in [0.05, 0.1) is 6.54 Å². The number of pyridine rings is 1. The fourth-order valence-corrected chi connectivity index (χ4v) is 5.08. The number of nitrogens with zero attached hydrogens (tertiary/aromatic N) is 6. The fraction of sp³-hybridized carbons (Fsp3) is 0.538. The van der Waals surface area contributed by atoms with Crippen LogP contribution in [0.3, 0.4) is 0 Å². The number of amides is 1. The Bertz CT molecular complexity index is 1400. The van der Waals surface area contributed by atoms with Gasteiger partial charge in [-0.15, -0.1) is 5.92 Å². The minimum atomic E-state index is -0.794. The molecule has 0 aromatic carbocycles. The number of anilines is 2. The molecule has 12 heteroatoms. The maximum Gasteiger partial charge on any atom is 0.407 e. The van der Waals surface area contributed by atoms with Crippen molar-refractivity contribution in [2.75, 3.05) is 36.5 Å². The molecule has 1 amide bonds. The quantitative estimate of drug-likeness (QED) is 0.473. The first-order chi connectivity index (χ1) is 17.9. The first-order valence-corrected chi connectivity index (χ1v) is 12.5. The fourth-order valence-electron chi connectivity index (χ4n) is 5.08. The van der Waals surface area contributed by atoms with Gasteiger partial charge in [-0.05, 0) is 52.7 Å². The highest BCUT2D eigenvalue weighted by Crippen LogP contribution is 2.36. The lowest BCUT2D eigenvalue weighted by molar-refractivity contribution is 0.0456. The van der Waals surface area contributed by atoms with E-state index in [4.69, 9.17) is 4.74 Å². The number of halogens is 1. The van der Waals surface area contributed by atoms with Crippen molar-refractivity contribution < 1.29 is 13.9 Å². The van der Waals surface area contributed by atoms with Gasteiger partial charge in [-0.1, -0.05) is 12.0 Å². The van der Waals surface area contributed by atoms with Crippen LogP contribution < -0.4 is 26.4 Å². The van der Waals surface area contributed by atoms with E-state index in [1.54, 1.807) is 14.0 Å². The molecule has 11 nitrogen and oxygen atoms in total. The number of ether oxygens (including phenoxy) is 1. The summed E-state index contributed by atoms with van der Waals surface area (Å²) in [6.07, 6.45) is 0.674. The predicted molar refractivity (Wildman–Crippen MR) is 142 cm³/mol. The van der Waals surface area contributed by atoms with E-state index >= 15 is 0 Å². The van der Waals surface area contributed by atoms with E-state index in [1.165, 1.54) is 16.7 Å². The average Bonchev–Trinajstić information content (AvgIpc) is 3.12. The van der Waals surface area contributed by atoms with Crippen molar-refractivity contribution in [3.05, 3.63) is 45.0 Å². The van der Waals surface area contributed by atoms with Gasteiger partial charge in [0.25, 0.3) is 5.56 Å². The number of carbonyl (C=O) groups excluding carboxylic acids is 1. The van der Waals surface area contributed by atoms with Crippen LogP contribution >= 0.6 is 0 Å². The summed E-state index contributed by atoms with van der Waals surface area (Å²) in [6.45, 7) is 8.59. The van der Waals surface area contributed by atoms with Gasteiger partial charge in [0.1, 0.15) is 22.9 Å². The summed E-state index contributed by atoms with van der Waals surface area (Å²) in [7, 11) is 3.39. The highest BCUT2D eigenvalue weighted by atomic mass is 19.1. The Morgan fingerprint density at radius 1 is 1.26 bits per heavy atom. The molecular weight excluding hydrogens is 493 g/mol. The van der Waals surface area contributed by atoms with Crippen molar-refractivity contribution in [3.8, 4) is 17.7 Å². The third-order valence-electron chi connectivity index (χ3n) is 6.52. The van der Waals surface area contributed by atoms with Gasteiger partial charge in [0, 0.05) is 33.2 Å². The predicted octanol–water partition coefficient (Wildman–Crippen LogP) is 1.62. The molecule has 1 unspecified atom stereocenters. The molecule has 0 radical (unpaired) electrons. The van der Waals surface area contributed by atoms with Crippen LogP contribution in [0.1, 0.15) is 40.5 Å². The van der Waals surface area contributed by atoms with Crippen LogP contribution in [-0.4, -0.2) is 69.7 Å². The molecule has 1 N–H and O–H groups in total. The summed E-state index contributed by atoms with van der Waals surface area (Å²) >= 11 is 0. The Morgan fingerprint density at radius 2 is 2.00 bits per heavy atom. The number of rotatable bonds is 4. The monoisotopic (exact) mass is 527 g/mol. The van der Waals surface area contributed by atoms with E-state index in [9.17, 15) is 18.8 Å². The van der Waals surface area contributed by atoms with E-state index in [0.717, 1.165) is 23.5 Å². The molecule has 2 aliphatic heterocycles. The molecule has 38 heavy (non-hydrogen) atoms. The number of hydrogen-bond acceptors (Lipinski definition) is 8. The highest BCUT2D eigenvalue weighted by molar-refractivity contribution is 5.74. The number of piperidine rings is 1. The van der Waals surface area contributed by atoms with Crippen LogP contribution in [0.15, 0.2) is 27.8 Å². The van der Waals surface area contributed by atoms with Crippen molar-refractivity contribution in [2.45, 2.75) is 58.5 Å². The summed E-state index contributed by atoms with van der Waals surface area (Å²) < 4.78 is 21.6. The van der Waals surface area contributed by atoms with E-state index in [2.05, 4.69) is 27.0 Å². The maximum atomic E-state index is 13.9. The number of hydrogen-bond donors (Lipinski definition) is 1. The largest absolute Gasteiger partial charge is 0.444 e. The van der Waals surface area contributed by atoms with Crippen LogP contribution in [0.2, 0.25) is 0 Å². The minimum Gasteiger partial charge on any atom is -0.444 e. The second-order valence-electron chi connectivity index (χ2n) is 10.5. The third kappa shape index (κ3) is 5.24. The lowest BCUT2D eigenvalue weighted by Gasteiger charge is -2.42. The van der Waals surface area contributed by atoms with Gasteiger partial charge in [-0.3, -0.25) is 14.3 Å². The average molecular weight is 528 g/mol. The molecule has 0 aliphatic carbocycles. The van der Waals surface area contributed by atoms with Crippen LogP contribution in [-0.2, 0) is 11.8 Å². The van der Waals surface area contributed by atoms with Crippen molar-refractivity contribution >= 4 is 17.6 Å². The zero-order valence-electron chi connectivity index (χ0n) is 22.6. The molecule has 2 aromatic heterocycles. The second-order valence-corrected chi connectivity index (χ2v) is 10.5. The summed E-state index contributed by atoms with van der Waals surface area (Å²) in [6, 6.07) is 3.81. The molecule has 204 valence electrons. The Labute approximate surface area is 220 Å². The summed E-state index contributed by atoms with van der Waals surface area (Å²) in [5.41, 5.74) is -1.57. The number of alkyl carbamates (subject to hydrolysis) is 1. The smallest absolute Gasteiger partial charge is 0.407 e. The number of nitrogens with one attached hydrogen (secondary N) is 1. The Morgan fingerprint density at radius 3 is 2.66 bits per heavy atom. The molecule has 2 atom stereocenters. The topological polar surface area (TPSA) is 105 Å². The SMILES string of the molecule is CC#CCN1c2c(n(C)c(=O)n(-c3cccc(F)n3)c2=O)N(C)C1N1CCC[C@@H](NC(=O)OC(C)(C)C)C1. The summed E-state index contributed by atoms with van der Waals surface area (Å²) in [5.74, 6) is 5.46. The zero-order chi connectivity index (χ0) is 27.8. The zero-order valence-corrected chi connectivity index (χ0v) is 22.6. The molecular formula is C26H34FN7O4. The second kappa shape index (κ2) is 10.5. The van der Waals surface area contributed by atoms with E-state index in [-0.39, 0.29) is 24.1 Å². The Hall–Kier alpha value is -3.85. The van der Waals surface area contributed by atoms with Crippen molar-refractivity contribution in [1.82, 2.24) is 24.3 Å². The van der Waals surface area contributed by atoms with Gasteiger partial charge >= 0.3 is 11.8 Å². The van der Waals surface area contributed by atoms with Gasteiger partial charge < -0.3 is 19.9 Å². The molecule has 2 aromatic rings. The molecule has 1 saturated heterocycles. The van der Waals surface area contributed by atoms with E-state index in [1.807, 2.05) is 37.6 Å². The lowest BCUT2D eigenvalue weighted by atomic mass is 10.1. The Kier molecular flexibility index (Phi) is 7.51. The van der Waals surface area contributed by atoms with Gasteiger partial charge in [-0.2, -0.15) is 4.39 Å². The van der Waals surface area contributed by atoms with Gasteiger partial charge in [0.15, 0.2) is 6.29 Å². The molecule has 0 bridgehead atoms. The minimum absolute atomic E-state index is 0.0920. The number of fused-ring (bicyclic) bond motifs is 1. The third-order valence-corrected chi connectivity index (χ3v) is 6.52. The van der Waals surface area contributed by atoms with Crippen molar-refractivity contribution in [3.63, 3.8) is 0 Å². The maximum absolute atomic E-state index is 13.9. The molecule has 1 fully saturated rings. The molecule has 0 saturated carbocycles.